The molecule has 0 radical (unpaired) electrons. The maximum atomic E-state index is 14.8. The minimum Gasteiger partial charge on any atom is -0.473 e. The number of hydrazine groups is 1. The molecule has 0 saturated heterocycles. The van der Waals surface area contributed by atoms with E-state index in [4.69, 9.17) is 4.74 Å². The van der Waals surface area contributed by atoms with Gasteiger partial charge in [0.25, 0.3) is 17.7 Å². The lowest BCUT2D eigenvalue weighted by Gasteiger charge is -2.46. The second kappa shape index (κ2) is 12.9. The van der Waals surface area contributed by atoms with E-state index < -0.39 is 35.2 Å². The number of ether oxygens (including phenoxy) is 1. The summed E-state index contributed by atoms with van der Waals surface area (Å²) in [5, 5.41) is 2.47. The second-order valence-electron chi connectivity index (χ2n) is 12.1. The smallest absolute Gasteiger partial charge is 0.269 e. The molecule has 3 aromatic rings. The Hall–Kier alpha value is -5.12. The number of carbonyl (C=O) groups excluding carboxylic acids is 4. The fourth-order valence-corrected chi connectivity index (χ4v) is 5.57. The molecule has 1 aromatic heterocycles. The van der Waals surface area contributed by atoms with Crippen molar-refractivity contribution in [2.24, 2.45) is 10.9 Å². The van der Waals surface area contributed by atoms with Crippen LogP contribution in [0.15, 0.2) is 96.4 Å². The van der Waals surface area contributed by atoms with Gasteiger partial charge in [-0.25, -0.2) is 15.0 Å². The highest BCUT2D eigenvalue weighted by Gasteiger charge is 2.48. The van der Waals surface area contributed by atoms with Gasteiger partial charge >= 0.3 is 0 Å². The molecule has 0 fully saturated rings. The van der Waals surface area contributed by atoms with Gasteiger partial charge in [-0.15, -0.1) is 0 Å². The standard InChI is InChI=1S/C35H37N5O5/c1-23(2)30-34(44)40(29(26-14-10-7-11-15-26)21-38(30)33(43)27-16-18-36-19-17-27)39(24(3)41)28(20-25-12-8-6-9-13-25)31(42)32-37-35(4,5)22-45-32/h6-19,21,23,28,30H,20,22H2,1-5H3/t28-,30+/m0/s1. The van der Waals surface area contributed by atoms with Gasteiger partial charge in [-0.05, 0) is 37.5 Å². The highest BCUT2D eigenvalue weighted by atomic mass is 16.5. The number of nitrogens with zero attached hydrogens (tertiary/aromatic N) is 5. The molecule has 3 heterocycles. The van der Waals surface area contributed by atoms with Crippen LogP contribution in [0.3, 0.4) is 0 Å². The molecule has 3 amide bonds. The topological polar surface area (TPSA) is 112 Å². The van der Waals surface area contributed by atoms with Gasteiger partial charge in [-0.2, -0.15) is 0 Å². The van der Waals surface area contributed by atoms with Gasteiger partial charge in [0.1, 0.15) is 18.7 Å². The van der Waals surface area contributed by atoms with E-state index in [2.05, 4.69) is 9.98 Å². The number of pyridine rings is 1. The average molecular weight is 608 g/mol. The number of benzene rings is 2. The summed E-state index contributed by atoms with van der Waals surface area (Å²) in [7, 11) is 0. The highest BCUT2D eigenvalue weighted by molar-refractivity contribution is 6.39. The van der Waals surface area contributed by atoms with Crippen molar-refractivity contribution in [3.05, 3.63) is 108 Å². The van der Waals surface area contributed by atoms with E-state index in [9.17, 15) is 19.2 Å². The third-order valence-corrected chi connectivity index (χ3v) is 7.70. The van der Waals surface area contributed by atoms with Crippen LogP contribution in [-0.4, -0.2) is 73.5 Å². The molecular weight excluding hydrogens is 570 g/mol. The fraction of sp³-hybridized carbons (Fsp3) is 0.314. The van der Waals surface area contributed by atoms with Gasteiger partial charge in [-0.1, -0.05) is 74.5 Å². The molecule has 0 N–H and O–H groups in total. The number of hydrogen-bond acceptors (Lipinski definition) is 7. The Kier molecular flexibility index (Phi) is 8.94. The number of hydrogen-bond donors (Lipinski definition) is 0. The van der Waals surface area contributed by atoms with Gasteiger partial charge in [0.2, 0.25) is 11.7 Å². The molecule has 0 spiro atoms. The minimum atomic E-state index is -1.18. The molecular formula is C35H37N5O5. The van der Waals surface area contributed by atoms with Crippen LogP contribution >= 0.6 is 0 Å². The van der Waals surface area contributed by atoms with Gasteiger partial charge in [-0.3, -0.25) is 29.1 Å². The van der Waals surface area contributed by atoms with Crippen LogP contribution in [-0.2, 0) is 25.5 Å². The van der Waals surface area contributed by atoms with E-state index in [1.54, 1.807) is 42.6 Å². The summed E-state index contributed by atoms with van der Waals surface area (Å²) < 4.78 is 5.75. The Labute approximate surface area is 263 Å². The van der Waals surface area contributed by atoms with E-state index >= 15 is 0 Å². The maximum absolute atomic E-state index is 14.8. The number of aliphatic imine (C=N–C) groups is 1. The van der Waals surface area contributed by atoms with Crippen molar-refractivity contribution in [3.63, 3.8) is 0 Å². The normalized spacial score (nSPS) is 18.2. The molecule has 5 rings (SSSR count). The van der Waals surface area contributed by atoms with Crippen LogP contribution in [0.25, 0.3) is 5.70 Å². The van der Waals surface area contributed by atoms with Crippen LogP contribution in [0.4, 0.5) is 0 Å². The first-order valence-corrected chi connectivity index (χ1v) is 14.9. The zero-order chi connectivity index (χ0) is 32.3. The SMILES string of the molecule is CC(=O)N([C@@H](Cc1ccccc1)C(=O)C1=NC(C)(C)CO1)N1C(=O)[C@@H](C(C)C)N(C(=O)c2ccncc2)C=C1c1ccccc1. The van der Waals surface area contributed by atoms with Crippen molar-refractivity contribution >= 4 is 35.1 Å². The van der Waals surface area contributed by atoms with Gasteiger partial charge in [0, 0.05) is 43.1 Å². The third-order valence-electron chi connectivity index (χ3n) is 7.70. The molecule has 45 heavy (non-hydrogen) atoms. The van der Waals surface area contributed by atoms with Crippen molar-refractivity contribution in [2.45, 2.75) is 58.7 Å². The summed E-state index contributed by atoms with van der Waals surface area (Å²) in [6.45, 7) is 8.92. The summed E-state index contributed by atoms with van der Waals surface area (Å²) in [4.78, 5) is 66.6. The first kappa shape index (κ1) is 31.3. The number of Topliss-reactive ketones (excluding diaryl/α,β-unsaturated/α-hetero) is 1. The second-order valence-corrected chi connectivity index (χ2v) is 12.1. The summed E-state index contributed by atoms with van der Waals surface area (Å²) in [5.74, 6) is -2.40. The zero-order valence-corrected chi connectivity index (χ0v) is 26.1. The van der Waals surface area contributed by atoms with Crippen LogP contribution in [0, 0.1) is 5.92 Å². The lowest BCUT2D eigenvalue weighted by Crippen LogP contribution is -2.64. The van der Waals surface area contributed by atoms with E-state index in [1.807, 2.05) is 64.1 Å². The Bertz CT molecular complexity index is 1640. The molecule has 0 bridgehead atoms. The van der Waals surface area contributed by atoms with Crippen molar-refractivity contribution in [2.75, 3.05) is 6.61 Å². The number of aromatic nitrogens is 1. The van der Waals surface area contributed by atoms with Crippen molar-refractivity contribution < 1.29 is 23.9 Å². The van der Waals surface area contributed by atoms with Crippen LogP contribution in [0.1, 0.15) is 56.1 Å². The quantitative estimate of drug-likeness (QED) is 0.353. The summed E-state index contributed by atoms with van der Waals surface area (Å²) >= 11 is 0. The average Bonchev–Trinajstić information content (AvgIpc) is 3.40. The van der Waals surface area contributed by atoms with Crippen LogP contribution < -0.4 is 0 Å². The Morgan fingerprint density at radius 3 is 2.16 bits per heavy atom. The van der Waals surface area contributed by atoms with Gasteiger partial charge in [0.15, 0.2) is 0 Å². The molecule has 232 valence electrons. The molecule has 10 heteroatoms. The van der Waals surface area contributed by atoms with E-state index in [-0.39, 0.29) is 36.4 Å². The van der Waals surface area contributed by atoms with E-state index in [0.29, 0.717) is 11.1 Å². The van der Waals surface area contributed by atoms with Crippen molar-refractivity contribution in [1.82, 2.24) is 19.9 Å². The molecule has 0 unspecified atom stereocenters. The highest BCUT2D eigenvalue weighted by Crippen LogP contribution is 2.34. The Morgan fingerprint density at radius 2 is 1.60 bits per heavy atom. The largest absolute Gasteiger partial charge is 0.473 e. The monoisotopic (exact) mass is 607 g/mol. The first-order valence-electron chi connectivity index (χ1n) is 14.9. The van der Waals surface area contributed by atoms with E-state index in [0.717, 1.165) is 5.56 Å². The van der Waals surface area contributed by atoms with Crippen molar-refractivity contribution in [3.8, 4) is 0 Å². The number of rotatable bonds is 9. The Balaban J connectivity index is 1.70. The number of ketones is 1. The third kappa shape index (κ3) is 6.55. The number of carbonyl (C=O) groups is 4. The molecule has 2 atom stereocenters. The summed E-state index contributed by atoms with van der Waals surface area (Å²) in [6.07, 6.45) is 4.73. The van der Waals surface area contributed by atoms with Gasteiger partial charge < -0.3 is 4.74 Å². The molecule has 2 aromatic carbocycles. The first-order chi connectivity index (χ1) is 21.5. The molecule has 10 nitrogen and oxygen atoms in total. The lowest BCUT2D eigenvalue weighted by atomic mass is 9.96. The zero-order valence-electron chi connectivity index (χ0n) is 26.1. The maximum Gasteiger partial charge on any atom is 0.269 e. The molecule has 0 aliphatic carbocycles. The minimum absolute atomic E-state index is 0.0863. The Morgan fingerprint density at radius 1 is 0.978 bits per heavy atom. The van der Waals surface area contributed by atoms with Crippen LogP contribution in [0.5, 0.6) is 0 Å². The van der Waals surface area contributed by atoms with Gasteiger partial charge in [0.05, 0.1) is 11.2 Å². The summed E-state index contributed by atoms with van der Waals surface area (Å²) in [5.41, 5.74) is 1.38. The fourth-order valence-electron chi connectivity index (χ4n) is 5.57. The molecule has 2 aliphatic rings. The molecule has 0 saturated carbocycles. The van der Waals surface area contributed by atoms with Crippen molar-refractivity contribution in [1.29, 1.82) is 0 Å². The number of amides is 3. The summed E-state index contributed by atoms with van der Waals surface area (Å²) in [6, 6.07) is 19.3. The lowest BCUT2D eigenvalue weighted by molar-refractivity contribution is -0.165. The predicted octanol–water partition coefficient (Wildman–Crippen LogP) is 4.54. The van der Waals surface area contributed by atoms with E-state index in [1.165, 1.54) is 34.2 Å². The predicted molar refractivity (Wildman–Crippen MR) is 169 cm³/mol. The molecule has 2 aliphatic heterocycles. The van der Waals surface area contributed by atoms with Crippen LogP contribution in [0.2, 0.25) is 0 Å².